The number of rotatable bonds is 4. The zero-order valence-electron chi connectivity index (χ0n) is 14.8. The predicted octanol–water partition coefficient (Wildman–Crippen LogP) is 3.50. The molecule has 0 radical (unpaired) electrons. The smallest absolute Gasteiger partial charge is 0.324 e. The number of aromatic nitrogens is 3. The molecule has 0 atom stereocenters. The summed E-state index contributed by atoms with van der Waals surface area (Å²) in [7, 11) is 0. The first-order valence-electron chi connectivity index (χ1n) is 8.52. The summed E-state index contributed by atoms with van der Waals surface area (Å²) in [4.78, 5) is 27.3. The van der Waals surface area contributed by atoms with Crippen molar-refractivity contribution in [3.05, 3.63) is 58.3 Å². The van der Waals surface area contributed by atoms with Crippen molar-refractivity contribution in [2.24, 2.45) is 0 Å². The van der Waals surface area contributed by atoms with Gasteiger partial charge in [0.05, 0.1) is 5.69 Å². The van der Waals surface area contributed by atoms with Crippen LogP contribution in [0.3, 0.4) is 0 Å². The van der Waals surface area contributed by atoms with Crippen molar-refractivity contribution in [1.82, 2.24) is 14.8 Å². The van der Waals surface area contributed by atoms with Crippen molar-refractivity contribution < 1.29 is 26.7 Å². The molecule has 3 rings (SSSR count). The van der Waals surface area contributed by atoms with Crippen LogP contribution in [0.5, 0.6) is 0 Å². The van der Waals surface area contributed by atoms with Gasteiger partial charge in [0.1, 0.15) is 12.2 Å². The van der Waals surface area contributed by atoms with Gasteiger partial charge in [-0.15, -0.1) is 0 Å². The highest BCUT2D eigenvalue weighted by atomic mass is 19.4. The number of alkyl halides is 5. The van der Waals surface area contributed by atoms with E-state index in [0.29, 0.717) is 11.6 Å². The van der Waals surface area contributed by atoms with E-state index in [0.717, 1.165) is 16.9 Å². The summed E-state index contributed by atoms with van der Waals surface area (Å²) in [5, 5.41) is 6.27. The van der Waals surface area contributed by atoms with E-state index in [2.05, 4.69) is 15.4 Å². The van der Waals surface area contributed by atoms with E-state index in [1.807, 2.05) is 0 Å². The number of carbonyl (C=O) groups is 1. The quantitative estimate of drug-likeness (QED) is 0.777. The molecule has 11 heteroatoms. The predicted molar refractivity (Wildman–Crippen MR) is 93.1 cm³/mol. The van der Waals surface area contributed by atoms with Gasteiger partial charge in [-0.2, -0.15) is 18.3 Å². The van der Waals surface area contributed by atoms with E-state index in [9.17, 15) is 31.5 Å². The average Bonchev–Trinajstić information content (AvgIpc) is 2.63. The molecule has 29 heavy (non-hydrogen) atoms. The van der Waals surface area contributed by atoms with Crippen molar-refractivity contribution in [2.45, 2.75) is 37.9 Å². The number of amides is 1. The van der Waals surface area contributed by atoms with Gasteiger partial charge in [-0.05, 0) is 30.2 Å². The second-order valence-corrected chi connectivity index (χ2v) is 6.48. The van der Waals surface area contributed by atoms with Crippen molar-refractivity contribution >= 4 is 17.2 Å². The Morgan fingerprint density at radius 1 is 1.24 bits per heavy atom. The van der Waals surface area contributed by atoms with Gasteiger partial charge in [0.2, 0.25) is 5.91 Å². The summed E-state index contributed by atoms with van der Waals surface area (Å²) >= 11 is 0. The lowest BCUT2D eigenvalue weighted by Gasteiger charge is -2.21. The summed E-state index contributed by atoms with van der Waals surface area (Å²) in [6.07, 6.45) is -3.14. The monoisotopic (exact) mass is 414 g/mol. The Morgan fingerprint density at radius 2 is 2.00 bits per heavy atom. The molecule has 0 spiro atoms. The minimum atomic E-state index is -4.67. The molecule has 0 fully saturated rings. The first kappa shape index (κ1) is 20.6. The molecule has 0 bridgehead atoms. The van der Waals surface area contributed by atoms with E-state index in [1.54, 1.807) is 0 Å². The van der Waals surface area contributed by atoms with Crippen LogP contribution in [0.2, 0.25) is 0 Å². The molecule has 0 saturated carbocycles. The Balaban J connectivity index is 1.74. The normalized spacial score (nSPS) is 16.2. The van der Waals surface area contributed by atoms with Gasteiger partial charge in [0, 0.05) is 30.8 Å². The number of anilines is 1. The van der Waals surface area contributed by atoms with Crippen LogP contribution < -0.4 is 10.9 Å². The topological polar surface area (TPSA) is 76.9 Å². The molecule has 1 N–H and O–H groups in total. The molecular weight excluding hydrogens is 399 g/mol. The van der Waals surface area contributed by atoms with Crippen LogP contribution in [0.25, 0.3) is 5.57 Å². The third kappa shape index (κ3) is 5.24. The number of carbonyl (C=O) groups excluding carboxylic acids is 1. The summed E-state index contributed by atoms with van der Waals surface area (Å²) in [5.74, 6) is -3.56. The fourth-order valence-corrected chi connectivity index (χ4v) is 2.76. The van der Waals surface area contributed by atoms with E-state index < -0.39 is 42.2 Å². The lowest BCUT2D eigenvalue weighted by Crippen LogP contribution is -2.30. The fraction of sp³-hybridized carbons (Fsp3) is 0.333. The Morgan fingerprint density at radius 3 is 2.66 bits per heavy atom. The fourth-order valence-electron chi connectivity index (χ4n) is 2.76. The highest BCUT2D eigenvalue weighted by Crippen LogP contribution is 2.35. The number of halogens is 5. The largest absolute Gasteiger partial charge is 0.433 e. The lowest BCUT2D eigenvalue weighted by molar-refractivity contribution is -0.141. The molecule has 1 amide bonds. The van der Waals surface area contributed by atoms with Crippen LogP contribution in [0.1, 0.15) is 30.7 Å². The first-order valence-corrected chi connectivity index (χ1v) is 8.52. The molecule has 154 valence electrons. The Bertz CT molecular complexity index is 1010. The van der Waals surface area contributed by atoms with Gasteiger partial charge < -0.3 is 5.32 Å². The maximum Gasteiger partial charge on any atom is 0.433 e. The summed E-state index contributed by atoms with van der Waals surface area (Å²) in [6, 6.07) is 4.37. The van der Waals surface area contributed by atoms with Gasteiger partial charge >= 0.3 is 6.18 Å². The molecule has 6 nitrogen and oxygen atoms in total. The van der Waals surface area contributed by atoms with Gasteiger partial charge in [-0.25, -0.2) is 13.5 Å². The molecule has 2 aromatic rings. The zero-order chi connectivity index (χ0) is 21.2. The first-order chi connectivity index (χ1) is 13.5. The van der Waals surface area contributed by atoms with Crippen molar-refractivity contribution in [1.29, 1.82) is 0 Å². The standard InChI is InChI=1S/C18H15F5N4O2/c19-17(20)6-3-11(4-7-17)13-1-2-16(29)27(26-13)10-15(28)25-12-5-8-24-14(9-12)18(21,22)23/h1-3,5,8-9H,4,6-7,10H2,(H,24,25,28). The van der Waals surface area contributed by atoms with Crippen LogP contribution in [0, 0.1) is 0 Å². The maximum absolute atomic E-state index is 13.3. The second kappa shape index (κ2) is 7.72. The van der Waals surface area contributed by atoms with Crippen LogP contribution in [0.4, 0.5) is 27.6 Å². The third-order valence-corrected chi connectivity index (χ3v) is 4.23. The van der Waals surface area contributed by atoms with Gasteiger partial charge in [-0.3, -0.25) is 14.6 Å². The molecule has 0 aliphatic heterocycles. The SMILES string of the molecule is O=C(Cn1nc(C2=CCC(F)(F)CC2)ccc1=O)Nc1ccnc(C(F)(F)F)c1. The molecular formula is C18H15F5N4O2. The molecule has 0 saturated heterocycles. The summed E-state index contributed by atoms with van der Waals surface area (Å²) < 4.78 is 65.4. The third-order valence-electron chi connectivity index (χ3n) is 4.23. The highest BCUT2D eigenvalue weighted by Gasteiger charge is 2.33. The number of hydrogen-bond acceptors (Lipinski definition) is 4. The Labute approximate surface area is 161 Å². The summed E-state index contributed by atoms with van der Waals surface area (Å²) in [5.41, 5.74) is -1.10. The van der Waals surface area contributed by atoms with E-state index in [1.165, 1.54) is 18.2 Å². The van der Waals surface area contributed by atoms with Gasteiger partial charge in [0.15, 0.2) is 0 Å². The molecule has 1 aliphatic rings. The zero-order valence-corrected chi connectivity index (χ0v) is 14.8. The second-order valence-electron chi connectivity index (χ2n) is 6.48. The number of allylic oxidation sites excluding steroid dienone is 2. The minimum Gasteiger partial charge on any atom is -0.324 e. The number of nitrogens with one attached hydrogen (secondary N) is 1. The highest BCUT2D eigenvalue weighted by molar-refractivity contribution is 5.90. The van der Waals surface area contributed by atoms with Gasteiger partial charge in [-0.1, -0.05) is 6.08 Å². The molecule has 2 heterocycles. The molecule has 2 aromatic heterocycles. The Kier molecular flexibility index (Phi) is 5.49. The average molecular weight is 414 g/mol. The minimum absolute atomic E-state index is 0.0711. The van der Waals surface area contributed by atoms with Crippen LogP contribution >= 0.6 is 0 Å². The number of pyridine rings is 1. The van der Waals surface area contributed by atoms with E-state index >= 15 is 0 Å². The molecule has 0 aromatic carbocycles. The van der Waals surface area contributed by atoms with E-state index in [-0.39, 0.29) is 24.2 Å². The van der Waals surface area contributed by atoms with Crippen LogP contribution in [-0.2, 0) is 17.5 Å². The van der Waals surface area contributed by atoms with Crippen molar-refractivity contribution in [2.75, 3.05) is 5.32 Å². The molecule has 0 unspecified atom stereocenters. The van der Waals surface area contributed by atoms with Crippen molar-refractivity contribution in [3.8, 4) is 0 Å². The number of nitrogens with zero attached hydrogens (tertiary/aromatic N) is 3. The Hall–Kier alpha value is -3.11. The number of hydrogen-bond donors (Lipinski definition) is 1. The lowest BCUT2D eigenvalue weighted by atomic mass is 9.94. The van der Waals surface area contributed by atoms with Crippen LogP contribution in [0.15, 0.2) is 41.3 Å². The van der Waals surface area contributed by atoms with E-state index in [4.69, 9.17) is 0 Å². The molecule has 1 aliphatic carbocycles. The summed E-state index contributed by atoms with van der Waals surface area (Å²) in [6.45, 7) is -0.556. The van der Waals surface area contributed by atoms with Crippen LogP contribution in [-0.4, -0.2) is 26.6 Å². The van der Waals surface area contributed by atoms with Gasteiger partial charge in [0.25, 0.3) is 11.5 Å². The maximum atomic E-state index is 13.3. The van der Waals surface area contributed by atoms with Crippen molar-refractivity contribution in [3.63, 3.8) is 0 Å².